The third-order valence-electron chi connectivity index (χ3n) is 1.91. The van der Waals surface area contributed by atoms with Gasteiger partial charge in [-0.25, -0.2) is 9.97 Å². The predicted molar refractivity (Wildman–Crippen MR) is 59.0 cm³/mol. The number of thioether (sulfide) groups is 1. The van der Waals surface area contributed by atoms with Gasteiger partial charge in [0, 0.05) is 11.3 Å². The van der Waals surface area contributed by atoms with Crippen LogP contribution in [-0.4, -0.2) is 26.4 Å². The van der Waals surface area contributed by atoms with E-state index in [4.69, 9.17) is 11.6 Å². The molecule has 96 valence electrons. The number of halogens is 4. The van der Waals surface area contributed by atoms with Gasteiger partial charge in [-0.1, -0.05) is 18.5 Å². The molecule has 0 saturated carbocycles. The first-order valence-corrected chi connectivity index (χ1v) is 5.92. The van der Waals surface area contributed by atoms with Gasteiger partial charge < -0.3 is 5.11 Å². The summed E-state index contributed by atoms with van der Waals surface area (Å²) in [4.78, 5) is 6.47. The average Bonchev–Trinajstić information content (AvgIpc) is 2.15. The van der Waals surface area contributed by atoms with Crippen LogP contribution in [0.3, 0.4) is 0 Å². The molecule has 0 amide bonds. The monoisotopic (exact) mass is 286 g/mol. The molecule has 2 unspecified atom stereocenters. The molecule has 1 rings (SSSR count). The molecular weight excluding hydrogens is 277 g/mol. The van der Waals surface area contributed by atoms with Crippen LogP contribution >= 0.6 is 23.4 Å². The smallest absolute Gasteiger partial charge is 0.392 e. The van der Waals surface area contributed by atoms with Crippen LogP contribution in [0.15, 0.2) is 11.1 Å². The van der Waals surface area contributed by atoms with E-state index in [2.05, 4.69) is 9.97 Å². The molecule has 0 saturated heterocycles. The molecule has 8 heteroatoms. The molecule has 0 fully saturated rings. The maximum Gasteiger partial charge on any atom is 0.451 e. The lowest BCUT2D eigenvalue weighted by atomic mass is 10.3. The Bertz CT molecular complexity index is 400. The fraction of sp³-hybridized carbons (Fsp3) is 0.556. The van der Waals surface area contributed by atoms with E-state index in [0.717, 1.165) is 11.8 Å². The molecule has 17 heavy (non-hydrogen) atoms. The summed E-state index contributed by atoms with van der Waals surface area (Å²) in [7, 11) is 0. The van der Waals surface area contributed by atoms with Gasteiger partial charge in [-0.15, -0.1) is 11.8 Å². The zero-order valence-corrected chi connectivity index (χ0v) is 10.6. The van der Waals surface area contributed by atoms with Gasteiger partial charge in [0.25, 0.3) is 0 Å². The Morgan fingerprint density at radius 2 is 1.94 bits per heavy atom. The third kappa shape index (κ3) is 4.33. The normalized spacial score (nSPS) is 15.7. The number of aliphatic hydroxyl groups is 1. The molecule has 1 aromatic rings. The fourth-order valence-corrected chi connectivity index (χ4v) is 2.02. The van der Waals surface area contributed by atoms with E-state index in [9.17, 15) is 18.3 Å². The fourth-order valence-electron chi connectivity index (χ4n) is 0.873. The minimum absolute atomic E-state index is 0.0886. The van der Waals surface area contributed by atoms with Crippen molar-refractivity contribution in [3.05, 3.63) is 17.0 Å². The highest BCUT2D eigenvalue weighted by atomic mass is 35.5. The number of alkyl halides is 3. The van der Waals surface area contributed by atoms with Crippen LogP contribution in [-0.2, 0) is 6.18 Å². The van der Waals surface area contributed by atoms with Crippen LogP contribution < -0.4 is 0 Å². The van der Waals surface area contributed by atoms with Crippen molar-refractivity contribution in [1.82, 2.24) is 9.97 Å². The molecule has 0 aliphatic carbocycles. The van der Waals surface area contributed by atoms with E-state index in [1.54, 1.807) is 13.8 Å². The molecule has 1 N–H and O–H groups in total. The first-order chi connectivity index (χ1) is 7.70. The van der Waals surface area contributed by atoms with E-state index in [-0.39, 0.29) is 15.4 Å². The average molecular weight is 287 g/mol. The number of hydrogen-bond acceptors (Lipinski definition) is 4. The Balaban J connectivity index is 2.98. The van der Waals surface area contributed by atoms with Gasteiger partial charge in [0.15, 0.2) is 0 Å². The lowest BCUT2D eigenvalue weighted by Crippen LogP contribution is -2.16. The van der Waals surface area contributed by atoms with E-state index in [0.29, 0.717) is 0 Å². The zero-order chi connectivity index (χ0) is 13.2. The molecule has 0 bridgehead atoms. The summed E-state index contributed by atoms with van der Waals surface area (Å²) < 4.78 is 37.2. The second-order valence-electron chi connectivity index (χ2n) is 3.41. The first-order valence-electron chi connectivity index (χ1n) is 4.66. The molecular formula is C9H10ClF3N2OS. The van der Waals surface area contributed by atoms with Crippen molar-refractivity contribution in [1.29, 1.82) is 0 Å². The number of aliphatic hydroxyl groups excluding tert-OH is 1. The minimum Gasteiger partial charge on any atom is -0.392 e. The SMILES string of the molecule is CC(O)C(C)Sc1cc(Cl)nc(C(F)(F)F)n1. The number of rotatable bonds is 3. The summed E-state index contributed by atoms with van der Waals surface area (Å²) in [6.45, 7) is 3.23. The third-order valence-corrected chi connectivity index (χ3v) is 3.32. The molecule has 0 spiro atoms. The van der Waals surface area contributed by atoms with Crippen LogP contribution in [0, 0.1) is 0 Å². The van der Waals surface area contributed by atoms with Gasteiger partial charge >= 0.3 is 6.18 Å². The molecule has 2 atom stereocenters. The largest absolute Gasteiger partial charge is 0.451 e. The van der Waals surface area contributed by atoms with Crippen LogP contribution in [0.4, 0.5) is 13.2 Å². The van der Waals surface area contributed by atoms with Gasteiger partial charge in [-0.05, 0) is 6.92 Å². The summed E-state index contributed by atoms with van der Waals surface area (Å²) >= 11 is 6.50. The second kappa shape index (κ2) is 5.41. The highest BCUT2D eigenvalue weighted by Gasteiger charge is 2.35. The van der Waals surface area contributed by atoms with Gasteiger partial charge in [-0.2, -0.15) is 13.2 Å². The number of hydrogen-bond donors (Lipinski definition) is 1. The Hall–Kier alpha value is -0.530. The van der Waals surface area contributed by atoms with Crippen molar-refractivity contribution in [2.75, 3.05) is 0 Å². The first kappa shape index (κ1) is 14.5. The van der Waals surface area contributed by atoms with Gasteiger partial charge in [-0.3, -0.25) is 0 Å². The molecule has 0 radical (unpaired) electrons. The van der Waals surface area contributed by atoms with Crippen LogP contribution in [0.2, 0.25) is 5.15 Å². The van der Waals surface area contributed by atoms with Gasteiger partial charge in [0.2, 0.25) is 5.82 Å². The van der Waals surface area contributed by atoms with E-state index in [1.165, 1.54) is 6.07 Å². The predicted octanol–water partition coefficient (Wildman–Crippen LogP) is 3.01. The van der Waals surface area contributed by atoms with Crippen molar-refractivity contribution < 1.29 is 18.3 Å². The quantitative estimate of drug-likeness (QED) is 0.685. The van der Waals surface area contributed by atoms with Crippen molar-refractivity contribution in [3.8, 4) is 0 Å². The highest BCUT2D eigenvalue weighted by molar-refractivity contribution is 7.99. The second-order valence-corrected chi connectivity index (χ2v) is 5.20. The maximum atomic E-state index is 12.4. The molecule has 0 aliphatic rings. The van der Waals surface area contributed by atoms with Crippen LogP contribution in [0.1, 0.15) is 19.7 Å². The molecule has 1 aromatic heterocycles. The van der Waals surface area contributed by atoms with Crippen molar-refractivity contribution in [2.24, 2.45) is 0 Å². The lowest BCUT2D eigenvalue weighted by Gasteiger charge is -2.14. The van der Waals surface area contributed by atoms with E-state index < -0.39 is 18.1 Å². The molecule has 0 aliphatic heterocycles. The van der Waals surface area contributed by atoms with Gasteiger partial charge in [0.1, 0.15) is 10.2 Å². The summed E-state index contributed by atoms with van der Waals surface area (Å²) in [5.41, 5.74) is 0. The number of aromatic nitrogens is 2. The highest BCUT2D eigenvalue weighted by Crippen LogP contribution is 2.31. The Labute approximate surface area is 105 Å². The van der Waals surface area contributed by atoms with Crippen molar-refractivity contribution in [2.45, 2.75) is 36.4 Å². The van der Waals surface area contributed by atoms with E-state index >= 15 is 0 Å². The lowest BCUT2D eigenvalue weighted by molar-refractivity contribution is -0.145. The summed E-state index contributed by atoms with van der Waals surface area (Å²) in [5.74, 6) is -1.27. The maximum absolute atomic E-state index is 12.4. The van der Waals surface area contributed by atoms with Crippen molar-refractivity contribution in [3.63, 3.8) is 0 Å². The topological polar surface area (TPSA) is 46.0 Å². The van der Waals surface area contributed by atoms with Crippen LogP contribution in [0.25, 0.3) is 0 Å². The van der Waals surface area contributed by atoms with Gasteiger partial charge in [0.05, 0.1) is 6.10 Å². The minimum atomic E-state index is -4.63. The Kier molecular flexibility index (Phi) is 4.62. The molecule has 1 heterocycles. The van der Waals surface area contributed by atoms with Crippen LogP contribution in [0.5, 0.6) is 0 Å². The summed E-state index contributed by atoms with van der Waals surface area (Å²) in [5, 5.41) is 8.79. The van der Waals surface area contributed by atoms with Crippen molar-refractivity contribution >= 4 is 23.4 Å². The van der Waals surface area contributed by atoms with E-state index in [1.807, 2.05) is 0 Å². The zero-order valence-electron chi connectivity index (χ0n) is 8.99. The number of nitrogens with zero attached hydrogens (tertiary/aromatic N) is 2. The Morgan fingerprint density at radius 3 is 2.41 bits per heavy atom. The standard InChI is InChI=1S/C9H10ClF3N2OS/c1-4(16)5(2)17-7-3-6(10)14-8(15-7)9(11,12)13/h3-5,16H,1-2H3. The summed E-state index contributed by atoms with van der Waals surface area (Å²) in [6.07, 6.45) is -5.29. The molecule has 3 nitrogen and oxygen atoms in total. The Morgan fingerprint density at radius 1 is 1.35 bits per heavy atom. The summed E-state index contributed by atoms with van der Waals surface area (Å²) in [6, 6.07) is 1.24. The molecule has 0 aromatic carbocycles.